The van der Waals surface area contributed by atoms with E-state index >= 15 is 0 Å². The second kappa shape index (κ2) is 3.25. The third-order valence-electron chi connectivity index (χ3n) is 2.14. The summed E-state index contributed by atoms with van der Waals surface area (Å²) in [7, 11) is 1.95. The van der Waals surface area contributed by atoms with Crippen LogP contribution >= 0.6 is 0 Å². The average Bonchev–Trinajstić information content (AvgIpc) is 2.53. The fourth-order valence-electron chi connectivity index (χ4n) is 1.48. The number of hydrogen-bond acceptors (Lipinski definition) is 3. The maximum Gasteiger partial charge on any atom is 0.0730 e. The van der Waals surface area contributed by atoms with Gasteiger partial charge in [0.15, 0.2) is 0 Å². The SMILES string of the molecule is Cn1nccc1[C@@H]1COCCN1. The maximum atomic E-state index is 5.36. The van der Waals surface area contributed by atoms with Gasteiger partial charge < -0.3 is 10.1 Å². The summed E-state index contributed by atoms with van der Waals surface area (Å²) in [6, 6.07) is 2.33. The minimum Gasteiger partial charge on any atom is -0.378 e. The van der Waals surface area contributed by atoms with Crippen molar-refractivity contribution in [1.29, 1.82) is 0 Å². The van der Waals surface area contributed by atoms with E-state index < -0.39 is 0 Å². The van der Waals surface area contributed by atoms with Crippen molar-refractivity contribution in [3.63, 3.8) is 0 Å². The molecule has 4 heteroatoms. The zero-order valence-electron chi connectivity index (χ0n) is 7.16. The Bertz CT molecular complexity index is 253. The highest BCUT2D eigenvalue weighted by Crippen LogP contribution is 2.13. The number of hydrogen-bond donors (Lipinski definition) is 1. The van der Waals surface area contributed by atoms with Gasteiger partial charge in [-0.05, 0) is 6.07 Å². The van der Waals surface area contributed by atoms with Crippen molar-refractivity contribution in [2.45, 2.75) is 6.04 Å². The van der Waals surface area contributed by atoms with Gasteiger partial charge in [-0.3, -0.25) is 4.68 Å². The molecule has 1 N–H and O–H groups in total. The smallest absolute Gasteiger partial charge is 0.0730 e. The summed E-state index contributed by atoms with van der Waals surface area (Å²) < 4.78 is 7.24. The number of aromatic nitrogens is 2. The Morgan fingerprint density at radius 3 is 3.25 bits per heavy atom. The zero-order valence-corrected chi connectivity index (χ0v) is 7.16. The van der Waals surface area contributed by atoms with E-state index in [-0.39, 0.29) is 0 Å². The Morgan fingerprint density at radius 2 is 2.67 bits per heavy atom. The molecule has 0 amide bonds. The molecular weight excluding hydrogens is 154 g/mol. The van der Waals surface area contributed by atoms with Crippen LogP contribution in [-0.4, -0.2) is 29.5 Å². The molecule has 1 saturated heterocycles. The van der Waals surface area contributed by atoms with Crippen molar-refractivity contribution in [2.75, 3.05) is 19.8 Å². The predicted molar refractivity (Wildman–Crippen MR) is 44.8 cm³/mol. The molecule has 2 rings (SSSR count). The van der Waals surface area contributed by atoms with Crippen molar-refractivity contribution < 1.29 is 4.74 Å². The van der Waals surface area contributed by atoms with Gasteiger partial charge in [0, 0.05) is 19.8 Å². The molecule has 1 fully saturated rings. The molecular formula is C8H13N3O. The van der Waals surface area contributed by atoms with Crippen LogP contribution < -0.4 is 5.32 Å². The summed E-state index contributed by atoms with van der Waals surface area (Å²) in [6.07, 6.45) is 1.81. The molecule has 0 aliphatic carbocycles. The first kappa shape index (κ1) is 7.76. The Labute approximate surface area is 71.5 Å². The first-order chi connectivity index (χ1) is 5.88. The molecule has 0 bridgehead atoms. The number of nitrogens with one attached hydrogen (secondary N) is 1. The summed E-state index contributed by atoms with van der Waals surface area (Å²) in [5.74, 6) is 0. The Hall–Kier alpha value is -0.870. The monoisotopic (exact) mass is 167 g/mol. The van der Waals surface area contributed by atoms with Gasteiger partial charge in [0.2, 0.25) is 0 Å². The van der Waals surface area contributed by atoms with Gasteiger partial charge in [0.1, 0.15) is 0 Å². The minimum absolute atomic E-state index is 0.311. The fourth-order valence-corrected chi connectivity index (χ4v) is 1.48. The number of rotatable bonds is 1. The van der Waals surface area contributed by atoms with Crippen LogP contribution in [0.1, 0.15) is 11.7 Å². The van der Waals surface area contributed by atoms with Crippen molar-refractivity contribution in [3.8, 4) is 0 Å². The summed E-state index contributed by atoms with van der Waals surface area (Å²) in [4.78, 5) is 0. The molecule has 0 unspecified atom stereocenters. The van der Waals surface area contributed by atoms with E-state index in [1.54, 1.807) is 0 Å². The van der Waals surface area contributed by atoms with Gasteiger partial charge in [-0.1, -0.05) is 0 Å². The predicted octanol–water partition coefficient (Wildman–Crippen LogP) is 0.0810. The molecule has 0 aromatic carbocycles. The van der Waals surface area contributed by atoms with Gasteiger partial charge in [-0.15, -0.1) is 0 Å². The highest BCUT2D eigenvalue weighted by molar-refractivity contribution is 5.07. The highest BCUT2D eigenvalue weighted by atomic mass is 16.5. The first-order valence-corrected chi connectivity index (χ1v) is 4.17. The summed E-state index contributed by atoms with van der Waals surface area (Å²) in [6.45, 7) is 2.49. The molecule has 0 saturated carbocycles. The van der Waals surface area contributed by atoms with Gasteiger partial charge >= 0.3 is 0 Å². The summed E-state index contributed by atoms with van der Waals surface area (Å²) >= 11 is 0. The van der Waals surface area contributed by atoms with Crippen LogP contribution in [0.3, 0.4) is 0 Å². The lowest BCUT2D eigenvalue weighted by Gasteiger charge is -2.23. The largest absolute Gasteiger partial charge is 0.378 e. The van der Waals surface area contributed by atoms with Crippen molar-refractivity contribution in [2.24, 2.45) is 7.05 Å². The lowest BCUT2D eigenvalue weighted by atomic mass is 10.2. The van der Waals surface area contributed by atoms with Crippen LogP contribution in [0, 0.1) is 0 Å². The molecule has 66 valence electrons. The number of ether oxygens (including phenoxy) is 1. The Morgan fingerprint density at radius 1 is 1.75 bits per heavy atom. The van der Waals surface area contributed by atoms with Crippen molar-refractivity contribution in [1.82, 2.24) is 15.1 Å². The minimum atomic E-state index is 0.311. The molecule has 4 nitrogen and oxygen atoms in total. The van der Waals surface area contributed by atoms with E-state index in [2.05, 4.69) is 10.4 Å². The third kappa shape index (κ3) is 1.35. The zero-order chi connectivity index (χ0) is 8.39. The maximum absolute atomic E-state index is 5.36. The van der Waals surface area contributed by atoms with Crippen LogP contribution in [0.25, 0.3) is 0 Å². The number of nitrogens with zero attached hydrogens (tertiary/aromatic N) is 2. The lowest BCUT2D eigenvalue weighted by Crippen LogP contribution is -2.35. The Kier molecular flexibility index (Phi) is 2.10. The van der Waals surface area contributed by atoms with E-state index in [0.717, 1.165) is 19.8 Å². The van der Waals surface area contributed by atoms with E-state index in [1.807, 2.05) is 24.0 Å². The van der Waals surface area contributed by atoms with E-state index in [1.165, 1.54) is 5.69 Å². The van der Waals surface area contributed by atoms with E-state index in [4.69, 9.17) is 4.74 Å². The number of aryl methyl sites for hydroxylation is 1. The van der Waals surface area contributed by atoms with Crippen LogP contribution in [0.4, 0.5) is 0 Å². The second-order valence-corrected chi connectivity index (χ2v) is 2.96. The van der Waals surface area contributed by atoms with Crippen molar-refractivity contribution in [3.05, 3.63) is 18.0 Å². The molecule has 0 spiro atoms. The fraction of sp³-hybridized carbons (Fsp3) is 0.625. The highest BCUT2D eigenvalue weighted by Gasteiger charge is 2.17. The standard InChI is InChI=1S/C8H13N3O/c1-11-8(2-3-10-11)7-6-12-5-4-9-7/h2-3,7,9H,4-6H2,1H3/t7-/m0/s1. The molecule has 0 radical (unpaired) electrons. The molecule has 12 heavy (non-hydrogen) atoms. The first-order valence-electron chi connectivity index (χ1n) is 4.17. The molecule has 1 aromatic rings. The third-order valence-corrected chi connectivity index (χ3v) is 2.14. The van der Waals surface area contributed by atoms with Gasteiger partial charge in [0.25, 0.3) is 0 Å². The molecule has 1 aliphatic rings. The topological polar surface area (TPSA) is 39.1 Å². The molecule has 2 heterocycles. The van der Waals surface area contributed by atoms with Gasteiger partial charge in [0.05, 0.1) is 24.9 Å². The Balaban J connectivity index is 2.13. The van der Waals surface area contributed by atoms with E-state index in [0.29, 0.717) is 6.04 Å². The molecule has 1 aliphatic heterocycles. The van der Waals surface area contributed by atoms with Crippen LogP contribution in [0.5, 0.6) is 0 Å². The average molecular weight is 167 g/mol. The van der Waals surface area contributed by atoms with Crippen LogP contribution in [-0.2, 0) is 11.8 Å². The van der Waals surface area contributed by atoms with E-state index in [9.17, 15) is 0 Å². The summed E-state index contributed by atoms with van der Waals surface area (Å²) in [5, 5.41) is 7.49. The van der Waals surface area contributed by atoms with Gasteiger partial charge in [-0.2, -0.15) is 5.10 Å². The van der Waals surface area contributed by atoms with Crippen LogP contribution in [0.15, 0.2) is 12.3 Å². The van der Waals surface area contributed by atoms with Gasteiger partial charge in [-0.25, -0.2) is 0 Å². The number of morpholine rings is 1. The molecule has 1 atom stereocenters. The van der Waals surface area contributed by atoms with Crippen LogP contribution in [0.2, 0.25) is 0 Å². The normalized spacial score (nSPS) is 24.2. The van der Waals surface area contributed by atoms with Crippen molar-refractivity contribution >= 4 is 0 Å². The molecule has 1 aromatic heterocycles. The lowest BCUT2D eigenvalue weighted by molar-refractivity contribution is 0.0744. The second-order valence-electron chi connectivity index (χ2n) is 2.96. The summed E-state index contributed by atoms with van der Waals surface area (Å²) in [5.41, 5.74) is 1.19. The quantitative estimate of drug-likeness (QED) is 0.644.